The number of anilines is 1. The lowest BCUT2D eigenvalue weighted by molar-refractivity contribution is 0.102. The molecule has 0 unspecified atom stereocenters. The number of nitrogens with zero attached hydrogens (tertiary/aromatic N) is 4. The molecule has 1 N–H and O–H groups in total. The van der Waals surface area contributed by atoms with E-state index in [2.05, 4.69) is 33.5 Å². The van der Waals surface area contributed by atoms with Crippen molar-refractivity contribution < 1.29 is 9.18 Å². The molecule has 0 saturated heterocycles. The summed E-state index contributed by atoms with van der Waals surface area (Å²) in [6, 6.07) is 11.9. The summed E-state index contributed by atoms with van der Waals surface area (Å²) in [7, 11) is 0. The fourth-order valence-corrected chi connectivity index (χ4v) is 3.64. The zero-order valence-corrected chi connectivity index (χ0v) is 15.9. The van der Waals surface area contributed by atoms with Crippen LogP contribution in [0.25, 0.3) is 5.69 Å². The number of carbonyl (C=O) groups is 1. The average molecular weight is 379 g/mol. The van der Waals surface area contributed by atoms with Crippen molar-refractivity contribution in [3.05, 3.63) is 70.8 Å². The molecular weight excluding hydrogens is 357 g/mol. The van der Waals surface area contributed by atoms with Crippen LogP contribution in [-0.4, -0.2) is 38.9 Å². The standard InChI is InChI=1S/C21H22FN5O/c1-3-26-11-10-18-15(13-26)6-4-9-19(18)27-14(2)20(24-25-27)21(28)23-17-8-5-7-16(22)12-17/h4-9,12H,3,10-11,13H2,1-2H3,(H,23,28). The molecule has 0 saturated carbocycles. The SMILES string of the molecule is CCN1CCc2c(cccc2-n2nnc(C(=O)Nc3cccc(F)c3)c2C)C1. The highest BCUT2D eigenvalue weighted by atomic mass is 19.1. The van der Waals surface area contributed by atoms with E-state index in [9.17, 15) is 9.18 Å². The lowest BCUT2D eigenvalue weighted by Crippen LogP contribution is -2.31. The van der Waals surface area contributed by atoms with Crippen molar-refractivity contribution in [1.29, 1.82) is 0 Å². The minimum atomic E-state index is -0.407. The van der Waals surface area contributed by atoms with Gasteiger partial charge in [0.05, 0.1) is 11.4 Å². The fourth-order valence-electron chi connectivity index (χ4n) is 3.64. The Morgan fingerprint density at radius 2 is 2.07 bits per heavy atom. The topological polar surface area (TPSA) is 63.1 Å². The van der Waals surface area contributed by atoms with Crippen LogP contribution in [0.4, 0.5) is 10.1 Å². The zero-order chi connectivity index (χ0) is 19.7. The lowest BCUT2D eigenvalue weighted by Gasteiger charge is -2.29. The summed E-state index contributed by atoms with van der Waals surface area (Å²) in [5.41, 5.74) is 4.76. The van der Waals surface area contributed by atoms with Crippen LogP contribution in [0.15, 0.2) is 42.5 Å². The van der Waals surface area contributed by atoms with Crippen molar-refractivity contribution >= 4 is 11.6 Å². The second-order valence-electron chi connectivity index (χ2n) is 6.93. The largest absolute Gasteiger partial charge is 0.320 e. The molecule has 4 rings (SSSR count). The number of rotatable bonds is 4. The summed E-state index contributed by atoms with van der Waals surface area (Å²) in [5.74, 6) is -0.813. The van der Waals surface area contributed by atoms with Gasteiger partial charge in [0.15, 0.2) is 5.69 Å². The molecular formula is C21H22FN5O. The summed E-state index contributed by atoms with van der Waals surface area (Å²) in [4.78, 5) is 15.0. The Morgan fingerprint density at radius 1 is 1.25 bits per heavy atom. The van der Waals surface area contributed by atoms with Gasteiger partial charge in [-0.25, -0.2) is 9.07 Å². The van der Waals surface area contributed by atoms with Crippen molar-refractivity contribution in [3.63, 3.8) is 0 Å². The van der Waals surface area contributed by atoms with E-state index in [-0.39, 0.29) is 5.69 Å². The van der Waals surface area contributed by atoms with E-state index >= 15 is 0 Å². The number of aromatic nitrogens is 3. The van der Waals surface area contributed by atoms with E-state index in [0.29, 0.717) is 11.4 Å². The quantitative estimate of drug-likeness (QED) is 0.755. The van der Waals surface area contributed by atoms with Gasteiger partial charge in [0.1, 0.15) is 5.82 Å². The molecule has 1 aromatic heterocycles. The maximum absolute atomic E-state index is 13.4. The molecule has 1 amide bonds. The third kappa shape index (κ3) is 3.41. The Labute approximate surface area is 163 Å². The van der Waals surface area contributed by atoms with E-state index in [0.717, 1.165) is 31.7 Å². The van der Waals surface area contributed by atoms with Gasteiger partial charge in [-0.2, -0.15) is 0 Å². The van der Waals surface area contributed by atoms with Crippen LogP contribution in [-0.2, 0) is 13.0 Å². The highest BCUT2D eigenvalue weighted by molar-refractivity contribution is 6.03. The normalized spacial score (nSPS) is 14.0. The Kier molecular flexibility index (Phi) is 4.92. The minimum absolute atomic E-state index is 0.229. The van der Waals surface area contributed by atoms with Crippen LogP contribution in [0.2, 0.25) is 0 Å². The monoisotopic (exact) mass is 379 g/mol. The van der Waals surface area contributed by atoms with Crippen LogP contribution in [0.5, 0.6) is 0 Å². The first kappa shape index (κ1) is 18.3. The number of carbonyl (C=O) groups excluding carboxylic acids is 1. The second-order valence-corrected chi connectivity index (χ2v) is 6.93. The van der Waals surface area contributed by atoms with E-state index in [1.807, 2.05) is 19.1 Å². The Hall–Kier alpha value is -3.06. The van der Waals surface area contributed by atoms with Crippen LogP contribution >= 0.6 is 0 Å². The van der Waals surface area contributed by atoms with Gasteiger partial charge in [0.2, 0.25) is 0 Å². The van der Waals surface area contributed by atoms with Gasteiger partial charge < -0.3 is 5.32 Å². The van der Waals surface area contributed by atoms with Crippen molar-refractivity contribution in [2.24, 2.45) is 0 Å². The van der Waals surface area contributed by atoms with Crippen molar-refractivity contribution in [2.75, 3.05) is 18.4 Å². The number of halogens is 1. The van der Waals surface area contributed by atoms with E-state index in [4.69, 9.17) is 0 Å². The van der Waals surface area contributed by atoms with Crippen LogP contribution in [0.3, 0.4) is 0 Å². The summed E-state index contributed by atoms with van der Waals surface area (Å²) in [6.45, 7) is 6.93. The van der Waals surface area contributed by atoms with Gasteiger partial charge in [-0.1, -0.05) is 30.3 Å². The molecule has 6 nitrogen and oxygen atoms in total. The van der Waals surface area contributed by atoms with E-state index < -0.39 is 11.7 Å². The van der Waals surface area contributed by atoms with Gasteiger partial charge in [0, 0.05) is 18.8 Å². The smallest absolute Gasteiger partial charge is 0.278 e. The molecule has 0 bridgehead atoms. The molecule has 0 radical (unpaired) electrons. The third-order valence-electron chi connectivity index (χ3n) is 5.19. The highest BCUT2D eigenvalue weighted by Gasteiger charge is 2.22. The molecule has 0 aliphatic carbocycles. The second kappa shape index (κ2) is 7.52. The van der Waals surface area contributed by atoms with Crippen LogP contribution in [0, 0.1) is 12.7 Å². The molecule has 1 aliphatic rings. The number of fused-ring (bicyclic) bond motifs is 1. The molecule has 1 aliphatic heterocycles. The molecule has 28 heavy (non-hydrogen) atoms. The van der Waals surface area contributed by atoms with Gasteiger partial charge in [-0.05, 0) is 55.3 Å². The van der Waals surface area contributed by atoms with Crippen LogP contribution < -0.4 is 5.32 Å². The van der Waals surface area contributed by atoms with Crippen LogP contribution in [0.1, 0.15) is 34.2 Å². The number of hydrogen-bond donors (Lipinski definition) is 1. The maximum Gasteiger partial charge on any atom is 0.278 e. The molecule has 0 fully saturated rings. The molecule has 2 heterocycles. The van der Waals surface area contributed by atoms with Crippen molar-refractivity contribution in [3.8, 4) is 5.69 Å². The summed E-state index contributed by atoms with van der Waals surface area (Å²) >= 11 is 0. The fraction of sp³-hybridized carbons (Fsp3) is 0.286. The van der Waals surface area contributed by atoms with Gasteiger partial charge >= 0.3 is 0 Å². The van der Waals surface area contributed by atoms with E-state index in [1.54, 1.807) is 16.8 Å². The first-order chi connectivity index (χ1) is 13.6. The highest BCUT2D eigenvalue weighted by Crippen LogP contribution is 2.26. The summed E-state index contributed by atoms with van der Waals surface area (Å²) in [6.07, 6.45) is 0.934. The van der Waals surface area contributed by atoms with E-state index in [1.165, 1.54) is 23.3 Å². The van der Waals surface area contributed by atoms with Gasteiger partial charge in [-0.3, -0.25) is 9.69 Å². The first-order valence-electron chi connectivity index (χ1n) is 9.39. The van der Waals surface area contributed by atoms with Crippen molar-refractivity contribution in [2.45, 2.75) is 26.8 Å². The first-order valence-corrected chi connectivity index (χ1v) is 9.39. The minimum Gasteiger partial charge on any atom is -0.320 e. The lowest BCUT2D eigenvalue weighted by atomic mass is 9.97. The van der Waals surface area contributed by atoms with Gasteiger partial charge in [0.25, 0.3) is 5.91 Å². The zero-order valence-electron chi connectivity index (χ0n) is 15.9. The Balaban J connectivity index is 1.63. The number of benzene rings is 2. The van der Waals surface area contributed by atoms with Gasteiger partial charge in [-0.15, -0.1) is 5.10 Å². The summed E-state index contributed by atoms with van der Waals surface area (Å²) < 4.78 is 15.1. The Bertz CT molecular complexity index is 1030. The maximum atomic E-state index is 13.4. The molecule has 7 heteroatoms. The number of hydrogen-bond acceptors (Lipinski definition) is 4. The molecule has 0 atom stereocenters. The number of amides is 1. The third-order valence-corrected chi connectivity index (χ3v) is 5.19. The Morgan fingerprint density at radius 3 is 2.86 bits per heavy atom. The average Bonchev–Trinajstić information content (AvgIpc) is 3.08. The molecule has 0 spiro atoms. The number of nitrogens with one attached hydrogen (secondary N) is 1. The number of likely N-dealkylation sites (N-methyl/N-ethyl adjacent to an activating group) is 1. The molecule has 3 aromatic rings. The molecule has 144 valence electrons. The predicted octanol–water partition coefficient (Wildman–Crippen LogP) is 3.35. The predicted molar refractivity (Wildman–Crippen MR) is 105 cm³/mol. The molecule has 2 aromatic carbocycles. The summed E-state index contributed by atoms with van der Waals surface area (Å²) in [5, 5.41) is 11.0. The van der Waals surface area contributed by atoms with Crippen molar-refractivity contribution in [1.82, 2.24) is 19.9 Å².